The van der Waals surface area contributed by atoms with Crippen LogP contribution in [0.4, 0.5) is 0 Å². The minimum Gasteiger partial charge on any atom is -0.469 e. The Labute approximate surface area is 111 Å². The van der Waals surface area contributed by atoms with Crippen LogP contribution < -0.4 is 5.32 Å². The highest BCUT2D eigenvalue weighted by atomic mass is 16.3. The summed E-state index contributed by atoms with van der Waals surface area (Å²) in [5, 5.41) is 3.70. The van der Waals surface area contributed by atoms with Gasteiger partial charge in [0.25, 0.3) is 0 Å². The summed E-state index contributed by atoms with van der Waals surface area (Å²) in [5.41, 5.74) is 1.38. The van der Waals surface area contributed by atoms with Crippen molar-refractivity contribution in [2.45, 2.75) is 58.9 Å². The van der Waals surface area contributed by atoms with E-state index in [0.717, 1.165) is 24.1 Å². The summed E-state index contributed by atoms with van der Waals surface area (Å²) >= 11 is 0. The lowest BCUT2D eigenvalue weighted by atomic mass is 9.72. The molecule has 18 heavy (non-hydrogen) atoms. The number of rotatable bonds is 5. The molecule has 1 aliphatic carbocycles. The molecule has 0 amide bonds. The molecular formula is C16H27NO. The van der Waals surface area contributed by atoms with Gasteiger partial charge < -0.3 is 9.73 Å². The van der Waals surface area contributed by atoms with Gasteiger partial charge >= 0.3 is 0 Å². The van der Waals surface area contributed by atoms with Gasteiger partial charge in [0.05, 0.1) is 6.26 Å². The SMILES string of the molecule is CCNC(c1ccoc1C)C1CCCCC1CC. The van der Waals surface area contributed by atoms with Gasteiger partial charge in [-0.25, -0.2) is 0 Å². The molecule has 1 saturated carbocycles. The molecule has 1 heterocycles. The fourth-order valence-corrected chi connectivity index (χ4v) is 3.61. The molecule has 3 unspecified atom stereocenters. The van der Waals surface area contributed by atoms with Gasteiger partial charge in [-0.15, -0.1) is 0 Å². The van der Waals surface area contributed by atoms with Crippen molar-refractivity contribution in [3.63, 3.8) is 0 Å². The zero-order valence-corrected chi connectivity index (χ0v) is 12.0. The molecule has 2 nitrogen and oxygen atoms in total. The molecule has 3 atom stereocenters. The van der Waals surface area contributed by atoms with Crippen molar-refractivity contribution in [3.8, 4) is 0 Å². The van der Waals surface area contributed by atoms with Crippen LogP contribution in [0, 0.1) is 18.8 Å². The number of hydrogen-bond acceptors (Lipinski definition) is 2. The molecule has 0 spiro atoms. The monoisotopic (exact) mass is 249 g/mol. The molecule has 0 aromatic carbocycles. The Morgan fingerprint density at radius 3 is 2.72 bits per heavy atom. The van der Waals surface area contributed by atoms with Gasteiger partial charge in [-0.1, -0.05) is 39.5 Å². The minimum atomic E-state index is 0.485. The van der Waals surface area contributed by atoms with Crippen LogP contribution >= 0.6 is 0 Å². The lowest BCUT2D eigenvalue weighted by Gasteiger charge is -2.37. The van der Waals surface area contributed by atoms with Crippen molar-refractivity contribution in [2.24, 2.45) is 11.8 Å². The van der Waals surface area contributed by atoms with Gasteiger partial charge in [-0.3, -0.25) is 0 Å². The average Bonchev–Trinajstić information content (AvgIpc) is 2.82. The molecule has 1 aromatic heterocycles. The Kier molecular flexibility index (Phi) is 4.87. The molecule has 0 radical (unpaired) electrons. The largest absolute Gasteiger partial charge is 0.469 e. The van der Waals surface area contributed by atoms with Crippen LogP contribution in [0.15, 0.2) is 16.7 Å². The first kappa shape index (κ1) is 13.7. The van der Waals surface area contributed by atoms with E-state index < -0.39 is 0 Å². The summed E-state index contributed by atoms with van der Waals surface area (Å²) in [6.07, 6.45) is 8.71. The van der Waals surface area contributed by atoms with Gasteiger partial charge in [0.15, 0.2) is 0 Å². The van der Waals surface area contributed by atoms with Crippen LogP contribution in [0.2, 0.25) is 0 Å². The van der Waals surface area contributed by atoms with E-state index in [1.165, 1.54) is 37.7 Å². The van der Waals surface area contributed by atoms with Gasteiger partial charge in [0.2, 0.25) is 0 Å². The third-order valence-corrected chi connectivity index (χ3v) is 4.58. The highest BCUT2D eigenvalue weighted by molar-refractivity contribution is 5.21. The molecule has 1 aliphatic rings. The van der Waals surface area contributed by atoms with Crippen molar-refractivity contribution in [1.29, 1.82) is 0 Å². The molecule has 0 aliphatic heterocycles. The summed E-state index contributed by atoms with van der Waals surface area (Å²) in [6, 6.07) is 2.64. The summed E-state index contributed by atoms with van der Waals surface area (Å²) in [6.45, 7) is 7.66. The number of furan rings is 1. The topological polar surface area (TPSA) is 25.2 Å². The van der Waals surface area contributed by atoms with E-state index in [-0.39, 0.29) is 0 Å². The predicted molar refractivity (Wildman–Crippen MR) is 75.6 cm³/mol. The molecule has 1 aromatic rings. The zero-order chi connectivity index (χ0) is 13.0. The Bertz CT molecular complexity index is 358. The Hall–Kier alpha value is -0.760. The molecular weight excluding hydrogens is 222 g/mol. The van der Waals surface area contributed by atoms with Crippen molar-refractivity contribution < 1.29 is 4.42 Å². The highest BCUT2D eigenvalue weighted by Crippen LogP contribution is 2.41. The van der Waals surface area contributed by atoms with E-state index in [0.29, 0.717) is 6.04 Å². The van der Waals surface area contributed by atoms with Crippen LogP contribution in [0.25, 0.3) is 0 Å². The third kappa shape index (κ3) is 2.80. The van der Waals surface area contributed by atoms with Crippen LogP contribution in [-0.4, -0.2) is 6.54 Å². The molecule has 1 fully saturated rings. The summed E-state index contributed by atoms with van der Waals surface area (Å²) < 4.78 is 5.51. The summed E-state index contributed by atoms with van der Waals surface area (Å²) in [7, 11) is 0. The number of hydrogen-bond donors (Lipinski definition) is 1. The maximum atomic E-state index is 5.51. The second-order valence-electron chi connectivity index (χ2n) is 5.58. The van der Waals surface area contributed by atoms with E-state index >= 15 is 0 Å². The van der Waals surface area contributed by atoms with Crippen LogP contribution in [0.3, 0.4) is 0 Å². The van der Waals surface area contributed by atoms with E-state index in [4.69, 9.17) is 4.42 Å². The highest BCUT2D eigenvalue weighted by Gasteiger charge is 2.32. The van der Waals surface area contributed by atoms with E-state index in [9.17, 15) is 0 Å². The summed E-state index contributed by atoms with van der Waals surface area (Å²) in [4.78, 5) is 0. The zero-order valence-electron chi connectivity index (χ0n) is 12.0. The Morgan fingerprint density at radius 1 is 1.33 bits per heavy atom. The van der Waals surface area contributed by atoms with Gasteiger partial charge in [0.1, 0.15) is 5.76 Å². The first-order chi connectivity index (χ1) is 8.77. The van der Waals surface area contributed by atoms with E-state index in [2.05, 4.69) is 32.2 Å². The maximum absolute atomic E-state index is 5.51. The van der Waals surface area contributed by atoms with Crippen molar-refractivity contribution in [1.82, 2.24) is 5.32 Å². The lowest BCUT2D eigenvalue weighted by molar-refractivity contribution is 0.176. The minimum absolute atomic E-state index is 0.485. The van der Waals surface area contributed by atoms with Crippen LogP contribution in [0.1, 0.15) is 63.3 Å². The van der Waals surface area contributed by atoms with Crippen molar-refractivity contribution in [3.05, 3.63) is 23.7 Å². The van der Waals surface area contributed by atoms with Gasteiger partial charge in [-0.05, 0) is 37.8 Å². The van der Waals surface area contributed by atoms with Gasteiger partial charge in [0, 0.05) is 11.6 Å². The lowest BCUT2D eigenvalue weighted by Crippen LogP contribution is -2.34. The number of aryl methyl sites for hydroxylation is 1. The fraction of sp³-hybridized carbons (Fsp3) is 0.750. The average molecular weight is 249 g/mol. The number of nitrogens with one attached hydrogen (secondary N) is 1. The molecule has 0 saturated heterocycles. The maximum Gasteiger partial charge on any atom is 0.105 e. The quantitative estimate of drug-likeness (QED) is 0.833. The second kappa shape index (κ2) is 6.42. The van der Waals surface area contributed by atoms with E-state index in [1.54, 1.807) is 0 Å². The smallest absolute Gasteiger partial charge is 0.105 e. The fourth-order valence-electron chi connectivity index (χ4n) is 3.61. The van der Waals surface area contributed by atoms with Crippen LogP contribution in [-0.2, 0) is 0 Å². The second-order valence-corrected chi connectivity index (χ2v) is 5.58. The molecule has 102 valence electrons. The van der Waals surface area contributed by atoms with Crippen molar-refractivity contribution >= 4 is 0 Å². The van der Waals surface area contributed by atoms with Gasteiger partial charge in [-0.2, -0.15) is 0 Å². The molecule has 1 N–H and O–H groups in total. The Morgan fingerprint density at radius 2 is 2.11 bits per heavy atom. The Balaban J connectivity index is 2.20. The van der Waals surface area contributed by atoms with Crippen LogP contribution in [0.5, 0.6) is 0 Å². The normalized spacial score (nSPS) is 26.2. The summed E-state index contributed by atoms with van der Waals surface area (Å²) in [5.74, 6) is 2.73. The van der Waals surface area contributed by atoms with Crippen molar-refractivity contribution in [2.75, 3.05) is 6.54 Å². The third-order valence-electron chi connectivity index (χ3n) is 4.58. The first-order valence-electron chi connectivity index (χ1n) is 7.55. The first-order valence-corrected chi connectivity index (χ1v) is 7.55. The molecule has 0 bridgehead atoms. The molecule has 2 rings (SSSR count). The van der Waals surface area contributed by atoms with E-state index in [1.807, 2.05) is 6.26 Å². The standard InChI is InChI=1S/C16H27NO/c1-4-13-8-6-7-9-15(13)16(17-5-2)14-10-11-18-12(14)3/h10-11,13,15-17H,4-9H2,1-3H3. The predicted octanol–water partition coefficient (Wildman–Crippen LogP) is 4.46. The molecule has 2 heteroatoms.